The van der Waals surface area contributed by atoms with Crippen molar-refractivity contribution in [3.8, 4) is 0 Å². The molecule has 1 atom stereocenters. The molecule has 0 radical (unpaired) electrons. The number of rotatable bonds is 3. The third kappa shape index (κ3) is 3.97. The van der Waals surface area contributed by atoms with Gasteiger partial charge in [0, 0.05) is 0 Å². The number of fused-ring (bicyclic) bond motifs is 1. The van der Waals surface area contributed by atoms with E-state index in [0.717, 1.165) is 11.5 Å². The number of hydrogen-bond acceptors (Lipinski definition) is 1. The minimum Gasteiger partial charge on any atom is -0.147 e. The number of hydrogen-bond donors (Lipinski definition) is 0. The van der Waals surface area contributed by atoms with Crippen LogP contribution in [0.2, 0.25) is 13.1 Å². The van der Waals surface area contributed by atoms with Gasteiger partial charge in [-0.15, -0.1) is 24.8 Å². The SMILES string of the molecule is Cc1ccc(C2=Cc3ccccc3[CH]2[Zr]([C]2=CC=CC2)=[Si](C)C)o1.Cl.Cl. The molecule has 1 nitrogen and oxygen atoms in total. The molecular weight excluding hydrogens is 458 g/mol. The minimum atomic E-state index is -1.80. The van der Waals surface area contributed by atoms with Crippen LogP contribution in [0.25, 0.3) is 11.6 Å². The summed E-state index contributed by atoms with van der Waals surface area (Å²) >= 11 is -1.80. The molecule has 0 fully saturated rings. The van der Waals surface area contributed by atoms with E-state index in [-0.39, 0.29) is 30.2 Å². The molecule has 2 aliphatic carbocycles. The molecule has 2 aromatic rings. The van der Waals surface area contributed by atoms with Gasteiger partial charge in [0.1, 0.15) is 0 Å². The first kappa shape index (κ1) is 21.7. The first-order valence-electron chi connectivity index (χ1n) is 8.56. The van der Waals surface area contributed by atoms with Crippen molar-refractivity contribution in [3.05, 3.63) is 80.6 Å². The Balaban J connectivity index is 0.00000121. The molecule has 1 aromatic carbocycles. The molecule has 1 heterocycles. The zero-order valence-corrected chi connectivity index (χ0v) is 20.4. The van der Waals surface area contributed by atoms with Crippen LogP contribution in [0.5, 0.6) is 0 Å². The number of aryl methyl sites for hydroxylation is 1. The van der Waals surface area contributed by atoms with Gasteiger partial charge in [-0.2, -0.15) is 0 Å². The maximum absolute atomic E-state index is 6.06. The van der Waals surface area contributed by atoms with Crippen LogP contribution in [0.15, 0.2) is 62.3 Å². The smallest absolute Gasteiger partial charge is 0.147 e. The fourth-order valence-corrected chi connectivity index (χ4v) is 22.2. The fraction of sp³-hybridized carbons (Fsp3) is 0.238. The van der Waals surface area contributed by atoms with Gasteiger partial charge in [0.2, 0.25) is 0 Å². The van der Waals surface area contributed by atoms with Gasteiger partial charge in [0.25, 0.3) is 0 Å². The third-order valence-electron chi connectivity index (χ3n) is 4.90. The van der Waals surface area contributed by atoms with Gasteiger partial charge in [0.15, 0.2) is 0 Å². The van der Waals surface area contributed by atoms with E-state index in [0.29, 0.717) is 3.63 Å². The normalized spacial score (nSPS) is 17.0. The topological polar surface area (TPSA) is 13.1 Å². The second-order valence-electron chi connectivity index (χ2n) is 6.81. The summed E-state index contributed by atoms with van der Waals surface area (Å²) in [5, 5.41) is 0. The molecule has 1 unspecified atom stereocenters. The average Bonchev–Trinajstić information content (AvgIpc) is 3.28. The molecule has 0 saturated carbocycles. The minimum absolute atomic E-state index is 0. The van der Waals surface area contributed by atoms with E-state index >= 15 is 0 Å². The summed E-state index contributed by atoms with van der Waals surface area (Å²) in [4.78, 5) is 0. The van der Waals surface area contributed by atoms with E-state index in [1.54, 1.807) is 8.84 Å². The van der Waals surface area contributed by atoms with Gasteiger partial charge >= 0.3 is 152 Å². The predicted octanol–water partition coefficient (Wildman–Crippen LogP) is 6.74. The molecule has 2 aliphatic rings. The van der Waals surface area contributed by atoms with Crippen LogP contribution < -0.4 is 0 Å². The molecule has 0 N–H and O–H groups in total. The number of furan rings is 1. The molecule has 0 saturated heterocycles. The first-order chi connectivity index (χ1) is 11.6. The predicted molar refractivity (Wildman–Crippen MR) is 114 cm³/mol. The Morgan fingerprint density at radius 1 is 1.08 bits per heavy atom. The Kier molecular flexibility index (Phi) is 7.56. The molecule has 1 aromatic heterocycles. The van der Waals surface area contributed by atoms with Crippen molar-refractivity contribution >= 4 is 41.9 Å². The van der Waals surface area contributed by atoms with Crippen molar-refractivity contribution in [2.24, 2.45) is 0 Å². The Bertz CT molecular complexity index is 933. The molecule has 0 spiro atoms. The maximum atomic E-state index is 6.06. The quantitative estimate of drug-likeness (QED) is 0.442. The van der Waals surface area contributed by atoms with Crippen molar-refractivity contribution in [1.82, 2.24) is 0 Å². The molecule has 0 amide bonds. The van der Waals surface area contributed by atoms with Crippen LogP contribution >= 0.6 is 24.8 Å². The van der Waals surface area contributed by atoms with Crippen molar-refractivity contribution < 1.29 is 24.8 Å². The van der Waals surface area contributed by atoms with Crippen LogP contribution in [0.1, 0.15) is 32.7 Å². The summed E-state index contributed by atoms with van der Waals surface area (Å²) < 4.78 is 8.46. The van der Waals surface area contributed by atoms with Crippen LogP contribution in [0, 0.1) is 6.92 Å². The molecule has 26 heavy (non-hydrogen) atoms. The zero-order valence-electron chi connectivity index (χ0n) is 15.3. The maximum Gasteiger partial charge on any atom is -0.147 e. The summed E-state index contributed by atoms with van der Waals surface area (Å²) in [7, 11) is 0. The van der Waals surface area contributed by atoms with E-state index in [4.69, 9.17) is 4.42 Å². The molecule has 4 rings (SSSR count). The summed E-state index contributed by atoms with van der Waals surface area (Å²) in [5.74, 6) is 2.09. The third-order valence-corrected chi connectivity index (χ3v) is 23.1. The van der Waals surface area contributed by atoms with Gasteiger partial charge in [-0.05, 0) is 0 Å². The molecule has 0 aliphatic heterocycles. The molecule has 0 bridgehead atoms. The number of allylic oxidation sites excluding steroid dienone is 5. The number of benzene rings is 1. The van der Waals surface area contributed by atoms with Gasteiger partial charge in [-0.3, -0.25) is 0 Å². The summed E-state index contributed by atoms with van der Waals surface area (Å²) in [6, 6.07) is 13.2. The van der Waals surface area contributed by atoms with Gasteiger partial charge in [-0.1, -0.05) is 0 Å². The van der Waals surface area contributed by atoms with Crippen molar-refractivity contribution in [1.29, 1.82) is 0 Å². The Morgan fingerprint density at radius 2 is 1.85 bits per heavy atom. The van der Waals surface area contributed by atoms with Crippen molar-refractivity contribution in [2.75, 3.05) is 0 Å². The Morgan fingerprint density at radius 3 is 2.46 bits per heavy atom. The molecule has 136 valence electrons. The van der Waals surface area contributed by atoms with Gasteiger partial charge < -0.3 is 0 Å². The largest absolute Gasteiger partial charge is 0.147 e. The summed E-state index contributed by atoms with van der Waals surface area (Å²) in [6.45, 7) is 7.11. The second-order valence-corrected chi connectivity index (χ2v) is 24.4. The Hall–Kier alpha value is -0.600. The van der Waals surface area contributed by atoms with Crippen molar-refractivity contribution in [3.63, 3.8) is 0 Å². The number of halogens is 2. The van der Waals surface area contributed by atoms with Gasteiger partial charge in [-0.25, -0.2) is 0 Å². The van der Waals surface area contributed by atoms with Crippen molar-refractivity contribution in [2.45, 2.75) is 30.1 Å². The Labute approximate surface area is 176 Å². The van der Waals surface area contributed by atoms with E-state index in [2.05, 4.69) is 73.8 Å². The van der Waals surface area contributed by atoms with Crippen LogP contribution in [0.3, 0.4) is 0 Å². The van der Waals surface area contributed by atoms with E-state index in [9.17, 15) is 0 Å². The fourth-order valence-electron chi connectivity index (χ4n) is 3.88. The van der Waals surface area contributed by atoms with E-state index < -0.39 is 20.4 Å². The monoisotopic (exact) mass is 480 g/mol. The standard InChI is InChI=1S/C14H11O.C5H5.C2H6Si.2ClH.Zr/c1-10-6-7-14(15-10)13-8-11-4-2-3-5-12(11)9-13;1-2-4-5-3-1;1-3-2;;;/h2-9H,1H3;1-3H,4H2;1-2H3;2*1H;. The molecular formula is C21H24Cl2OSiZr. The summed E-state index contributed by atoms with van der Waals surface area (Å²) in [5.41, 5.74) is 4.09. The average molecular weight is 483 g/mol. The van der Waals surface area contributed by atoms with Crippen LogP contribution in [-0.2, 0) is 20.4 Å². The zero-order chi connectivity index (χ0) is 16.7. The first-order valence-corrected chi connectivity index (χ1v) is 17.4. The van der Waals surface area contributed by atoms with Crippen LogP contribution in [-0.4, -0.2) is 5.43 Å². The second kappa shape index (κ2) is 9.06. The van der Waals surface area contributed by atoms with E-state index in [1.165, 1.54) is 17.6 Å². The molecule has 5 heteroatoms. The van der Waals surface area contributed by atoms with E-state index in [1.807, 2.05) is 6.92 Å². The van der Waals surface area contributed by atoms with Crippen LogP contribution in [0.4, 0.5) is 0 Å². The van der Waals surface area contributed by atoms with Gasteiger partial charge in [0.05, 0.1) is 0 Å². The summed E-state index contributed by atoms with van der Waals surface area (Å²) in [6.07, 6.45) is 10.6.